The molecule has 2 aromatic heterocycles. The van der Waals surface area contributed by atoms with Crippen LogP contribution in [0.5, 0.6) is 11.5 Å². The minimum absolute atomic E-state index is 0.0685. The molecule has 1 aliphatic rings. The van der Waals surface area contributed by atoms with E-state index >= 15 is 0 Å². The smallest absolute Gasteiger partial charge is 0.127 e. The van der Waals surface area contributed by atoms with Gasteiger partial charge < -0.3 is 19.7 Å². The van der Waals surface area contributed by atoms with Gasteiger partial charge in [0, 0.05) is 42.1 Å². The normalized spacial score (nSPS) is 13.0. The summed E-state index contributed by atoms with van der Waals surface area (Å²) < 4.78 is 14.9. The summed E-state index contributed by atoms with van der Waals surface area (Å²) in [6, 6.07) is 57.1. The third-order valence-electron chi connectivity index (χ3n) is 12.0. The molecule has 10 aromatic rings. The molecule has 0 saturated carbocycles. The van der Waals surface area contributed by atoms with Gasteiger partial charge in [0.25, 0.3) is 0 Å². The third-order valence-corrected chi connectivity index (χ3v) is 13.9. The molecule has 8 aromatic carbocycles. The van der Waals surface area contributed by atoms with Crippen LogP contribution < -0.4 is 9.47 Å². The summed E-state index contributed by atoms with van der Waals surface area (Å²) in [6.07, 6.45) is 0. The molecule has 0 unspecified atom stereocenters. The second kappa shape index (κ2) is 14.5. The number of ether oxygens (including phenoxy) is 2. The van der Waals surface area contributed by atoms with Crippen molar-refractivity contribution in [2.45, 2.75) is 5.41 Å². The zero-order chi connectivity index (χ0) is 39.5. The molecule has 6 heteroatoms. The molecule has 0 saturated heterocycles. The lowest BCUT2D eigenvalue weighted by Crippen LogP contribution is -2.29. The Morgan fingerprint density at radius 1 is 0.390 bits per heavy atom. The van der Waals surface area contributed by atoms with Crippen molar-refractivity contribution in [1.29, 1.82) is 0 Å². The highest BCUT2D eigenvalue weighted by Crippen LogP contribution is 2.60. The molecule has 0 radical (unpaired) electrons. The Kier molecular flexibility index (Phi) is 8.82. The SMILES string of the molecule is OCCOc1ccc(C2(c3ccc(OCCO)c4ccccc34)c3ccc(-c4csc5ccccc45)cc3-c3cc(-c4csc5ccccc45)ccc32)c2ccccc12. The van der Waals surface area contributed by atoms with E-state index in [1.54, 1.807) is 22.7 Å². The van der Waals surface area contributed by atoms with Crippen LogP contribution in [-0.4, -0.2) is 36.6 Å². The number of aliphatic hydroxyl groups excluding tert-OH is 2. The van der Waals surface area contributed by atoms with Gasteiger partial charge in [0.05, 0.1) is 18.6 Å². The van der Waals surface area contributed by atoms with Crippen molar-refractivity contribution in [2.75, 3.05) is 26.4 Å². The number of fused-ring (bicyclic) bond motifs is 7. The first-order chi connectivity index (χ1) is 29.2. The maximum atomic E-state index is 9.76. The molecule has 2 N–H and O–H groups in total. The van der Waals surface area contributed by atoms with Crippen molar-refractivity contribution in [1.82, 2.24) is 0 Å². The second-order valence-corrected chi connectivity index (χ2v) is 16.8. The van der Waals surface area contributed by atoms with Gasteiger partial charge in [-0.15, -0.1) is 22.7 Å². The van der Waals surface area contributed by atoms with E-state index in [4.69, 9.17) is 9.47 Å². The monoisotopic (exact) mass is 802 g/mol. The van der Waals surface area contributed by atoms with Crippen LogP contribution in [0.15, 0.2) is 168 Å². The third kappa shape index (κ3) is 5.55. The minimum Gasteiger partial charge on any atom is -0.491 e. The molecular formula is C53H38O4S2. The van der Waals surface area contributed by atoms with E-state index in [1.165, 1.54) is 64.7 Å². The van der Waals surface area contributed by atoms with Crippen molar-refractivity contribution in [3.63, 3.8) is 0 Å². The Morgan fingerprint density at radius 3 is 1.22 bits per heavy atom. The first-order valence-corrected chi connectivity index (χ1v) is 21.7. The van der Waals surface area contributed by atoms with Gasteiger partial charge in [-0.3, -0.25) is 0 Å². The lowest BCUT2D eigenvalue weighted by molar-refractivity contribution is 0.203. The first kappa shape index (κ1) is 35.8. The summed E-state index contributed by atoms with van der Waals surface area (Å²) in [6.45, 7) is 0.280. The molecule has 11 rings (SSSR count). The molecular weight excluding hydrogens is 765 g/mol. The Hall–Kier alpha value is -6.28. The fourth-order valence-corrected chi connectivity index (χ4v) is 11.5. The highest BCUT2D eigenvalue weighted by atomic mass is 32.1. The van der Waals surface area contributed by atoms with Gasteiger partial charge in [0.15, 0.2) is 0 Å². The number of thiophene rings is 2. The summed E-state index contributed by atoms with van der Waals surface area (Å²) in [7, 11) is 0. The van der Waals surface area contributed by atoms with Crippen molar-refractivity contribution in [2.24, 2.45) is 0 Å². The largest absolute Gasteiger partial charge is 0.491 e. The fraction of sp³-hybridized carbons (Fsp3) is 0.0943. The van der Waals surface area contributed by atoms with E-state index in [9.17, 15) is 10.2 Å². The summed E-state index contributed by atoms with van der Waals surface area (Å²) in [5, 5.41) is 30.8. The molecule has 0 atom stereocenters. The Morgan fingerprint density at radius 2 is 0.780 bits per heavy atom. The van der Waals surface area contributed by atoms with Crippen molar-refractivity contribution >= 4 is 64.4 Å². The van der Waals surface area contributed by atoms with E-state index < -0.39 is 5.41 Å². The van der Waals surface area contributed by atoms with Gasteiger partial charge in [-0.2, -0.15) is 0 Å². The van der Waals surface area contributed by atoms with Crippen LogP contribution in [0.2, 0.25) is 0 Å². The minimum atomic E-state index is -0.778. The standard InChI is InChI=1S/C53H38O4S2/c54-25-27-56-49-23-21-45(35-9-1-3-11-37(35)49)53(46-22-24-50(57-28-26-55)38-12-4-2-10-36(38)46)47-19-17-33(43-31-58-51-15-7-5-13-39(43)51)29-41(47)42-30-34(18-20-48(42)53)44-32-59-52-16-8-6-14-40(44)52/h1-24,29-32,54-55H,25-28H2. The van der Waals surface area contributed by atoms with E-state index in [-0.39, 0.29) is 26.4 Å². The van der Waals surface area contributed by atoms with Crippen LogP contribution in [0.3, 0.4) is 0 Å². The fourth-order valence-electron chi connectivity index (χ4n) is 9.56. The lowest BCUT2D eigenvalue weighted by Gasteiger charge is -2.36. The summed E-state index contributed by atoms with van der Waals surface area (Å²) in [5.74, 6) is 1.48. The predicted octanol–water partition coefficient (Wildman–Crippen LogP) is 12.9. The molecule has 0 aliphatic heterocycles. The molecule has 0 fully saturated rings. The molecule has 2 heterocycles. The Balaban J connectivity index is 1.27. The Labute approximate surface area is 349 Å². The van der Waals surface area contributed by atoms with Crippen LogP contribution in [0, 0.1) is 0 Å². The number of hydrogen-bond acceptors (Lipinski definition) is 6. The van der Waals surface area contributed by atoms with Crippen LogP contribution >= 0.6 is 22.7 Å². The number of hydrogen-bond donors (Lipinski definition) is 2. The van der Waals surface area contributed by atoms with Gasteiger partial charge in [-0.25, -0.2) is 0 Å². The van der Waals surface area contributed by atoms with Crippen LogP contribution in [0.4, 0.5) is 0 Å². The number of rotatable bonds is 10. The maximum Gasteiger partial charge on any atom is 0.127 e. The quantitative estimate of drug-likeness (QED) is 0.145. The van der Waals surface area contributed by atoms with Gasteiger partial charge in [0.2, 0.25) is 0 Å². The highest BCUT2D eigenvalue weighted by molar-refractivity contribution is 7.18. The zero-order valence-corrected chi connectivity index (χ0v) is 33.7. The molecule has 1 aliphatic carbocycles. The zero-order valence-electron chi connectivity index (χ0n) is 32.0. The summed E-state index contributed by atoms with van der Waals surface area (Å²) >= 11 is 3.57. The van der Waals surface area contributed by atoms with E-state index in [1.807, 2.05) is 0 Å². The summed E-state index contributed by atoms with van der Waals surface area (Å²) in [4.78, 5) is 0. The van der Waals surface area contributed by atoms with Crippen LogP contribution in [-0.2, 0) is 5.41 Å². The predicted molar refractivity (Wildman–Crippen MR) is 246 cm³/mol. The van der Waals surface area contributed by atoms with E-state index in [0.29, 0.717) is 0 Å². The van der Waals surface area contributed by atoms with Gasteiger partial charge in [-0.05, 0) is 102 Å². The van der Waals surface area contributed by atoms with Crippen molar-refractivity contribution < 1.29 is 19.7 Å². The van der Waals surface area contributed by atoms with Crippen LogP contribution in [0.25, 0.3) is 75.1 Å². The number of benzene rings is 8. The number of aliphatic hydroxyl groups is 2. The Bertz CT molecular complexity index is 3010. The van der Waals surface area contributed by atoms with E-state index in [0.717, 1.165) is 44.2 Å². The van der Waals surface area contributed by atoms with Crippen molar-refractivity contribution in [3.05, 3.63) is 191 Å². The molecule has 0 bridgehead atoms. The summed E-state index contributed by atoms with van der Waals surface area (Å²) in [5.41, 5.74) is 11.1. The topological polar surface area (TPSA) is 58.9 Å². The average Bonchev–Trinajstić information content (AvgIpc) is 4.00. The van der Waals surface area contributed by atoms with Crippen molar-refractivity contribution in [3.8, 4) is 44.9 Å². The van der Waals surface area contributed by atoms with Crippen LogP contribution in [0.1, 0.15) is 22.3 Å². The lowest BCUT2D eigenvalue weighted by atomic mass is 9.65. The molecule has 4 nitrogen and oxygen atoms in total. The van der Waals surface area contributed by atoms with Gasteiger partial charge >= 0.3 is 0 Å². The second-order valence-electron chi connectivity index (χ2n) is 15.0. The van der Waals surface area contributed by atoms with Gasteiger partial charge in [0.1, 0.15) is 24.7 Å². The van der Waals surface area contributed by atoms with E-state index in [2.05, 4.69) is 168 Å². The molecule has 59 heavy (non-hydrogen) atoms. The maximum absolute atomic E-state index is 9.76. The van der Waals surface area contributed by atoms with Gasteiger partial charge in [-0.1, -0.05) is 121 Å². The highest BCUT2D eigenvalue weighted by Gasteiger charge is 2.48. The molecule has 0 amide bonds. The average molecular weight is 803 g/mol. The first-order valence-electron chi connectivity index (χ1n) is 19.9. The molecule has 0 spiro atoms. The molecule has 286 valence electrons.